The first-order valence-electron chi connectivity index (χ1n) is 7.83. The number of nitrogens with zero attached hydrogens (tertiary/aromatic N) is 2. The molecule has 0 atom stereocenters. The number of guanidine groups is 2. The Bertz CT molecular complexity index is 682. The molecule has 0 bridgehead atoms. The van der Waals surface area contributed by atoms with Crippen LogP contribution in [0.4, 0.5) is 8.78 Å². The van der Waals surface area contributed by atoms with Crippen LogP contribution in [0.25, 0.3) is 0 Å². The Labute approximate surface area is 148 Å². The maximum Gasteiger partial charge on any atom is 0.586 e. The van der Waals surface area contributed by atoms with E-state index in [0.717, 1.165) is 0 Å². The predicted molar refractivity (Wildman–Crippen MR) is 90.2 cm³/mol. The number of hydrogen-bond donors (Lipinski definition) is 3. The maximum absolute atomic E-state index is 12.9. The van der Waals surface area contributed by atoms with E-state index in [-0.39, 0.29) is 42.7 Å². The van der Waals surface area contributed by atoms with Gasteiger partial charge in [-0.1, -0.05) is 0 Å². The first kappa shape index (κ1) is 19.5. The summed E-state index contributed by atoms with van der Waals surface area (Å²) in [6.45, 7) is 4.26. The fourth-order valence-corrected chi connectivity index (χ4v) is 1.90. The van der Waals surface area contributed by atoms with Gasteiger partial charge in [0, 0.05) is 18.5 Å². The molecule has 5 N–H and O–H groups in total. The minimum absolute atomic E-state index is 0.00650. The van der Waals surface area contributed by atoms with Crippen LogP contribution in [0.3, 0.4) is 0 Å². The fraction of sp³-hybridized carbons (Fsp3) is 0.467. The Balaban J connectivity index is 1.65. The molecule has 1 aromatic carbocycles. The monoisotopic (exact) mass is 373 g/mol. The Morgan fingerprint density at radius 3 is 2.69 bits per heavy atom. The van der Waals surface area contributed by atoms with E-state index < -0.39 is 6.29 Å². The van der Waals surface area contributed by atoms with Crippen molar-refractivity contribution in [3.05, 3.63) is 18.2 Å². The van der Waals surface area contributed by atoms with Gasteiger partial charge in [-0.2, -0.15) is 4.99 Å². The summed E-state index contributed by atoms with van der Waals surface area (Å²) in [6.07, 6.45) is -3.15. The lowest BCUT2D eigenvalue weighted by atomic mass is 10.3. The third-order valence-corrected chi connectivity index (χ3v) is 2.83. The smallest absolute Gasteiger partial charge is 0.493 e. The number of hydrogen-bond acceptors (Lipinski definition) is 5. The van der Waals surface area contributed by atoms with Crippen LogP contribution in [0, 0.1) is 0 Å². The Morgan fingerprint density at radius 2 is 1.96 bits per heavy atom. The van der Waals surface area contributed by atoms with Crippen molar-refractivity contribution in [1.29, 1.82) is 0 Å². The summed E-state index contributed by atoms with van der Waals surface area (Å²) in [4.78, 5) is 12.9. The molecule has 26 heavy (non-hydrogen) atoms. The molecule has 2 rings (SSSR count). The quantitative estimate of drug-likeness (QED) is 0.285. The van der Waals surface area contributed by atoms with Crippen molar-refractivity contribution in [2.45, 2.75) is 32.6 Å². The van der Waals surface area contributed by atoms with Crippen LogP contribution in [0.1, 0.15) is 20.3 Å². The number of benzene rings is 1. The van der Waals surface area contributed by atoms with Crippen LogP contribution >= 0.6 is 0 Å². The topological polar surface area (TPSA) is 126 Å². The number of aliphatic imine (C=N–C) groups is 2. The molecular weight excluding hydrogens is 352 g/mol. The van der Waals surface area contributed by atoms with Crippen molar-refractivity contribution in [2.24, 2.45) is 21.5 Å². The molecule has 0 radical (unpaired) electrons. The summed E-state index contributed by atoms with van der Waals surface area (Å²) < 4.78 is 39.9. The highest BCUT2D eigenvalue weighted by atomic mass is 19.3. The fourth-order valence-electron chi connectivity index (χ4n) is 1.90. The van der Waals surface area contributed by atoms with Gasteiger partial charge in [-0.05, 0) is 26.0 Å². The van der Waals surface area contributed by atoms with Gasteiger partial charge in [-0.3, -0.25) is 4.84 Å². The number of nitrogens with two attached hydrogens (primary N) is 2. The van der Waals surface area contributed by atoms with Crippen LogP contribution in [0.5, 0.6) is 17.2 Å². The summed E-state index contributed by atoms with van der Waals surface area (Å²) in [6, 6.07) is 4.19. The normalized spacial score (nSPS) is 16.0. The summed E-state index contributed by atoms with van der Waals surface area (Å²) in [5.41, 5.74) is 13.5. The first-order valence-corrected chi connectivity index (χ1v) is 7.83. The SMILES string of the molecule is CC(C)N=C(N)/N=C(\N)NOCCCOc1ccc2c(c1)OC(F)(F)O2. The van der Waals surface area contributed by atoms with Crippen molar-refractivity contribution < 1.29 is 27.8 Å². The van der Waals surface area contributed by atoms with Gasteiger partial charge in [0.25, 0.3) is 0 Å². The van der Waals surface area contributed by atoms with E-state index in [0.29, 0.717) is 12.2 Å². The molecular formula is C15H21F2N5O4. The van der Waals surface area contributed by atoms with Crippen LogP contribution in [-0.4, -0.2) is 37.5 Å². The van der Waals surface area contributed by atoms with E-state index in [4.69, 9.17) is 21.0 Å². The van der Waals surface area contributed by atoms with Gasteiger partial charge in [-0.15, -0.1) is 8.78 Å². The standard InChI is InChI=1S/C15H21F2N5O4/c1-9(2)20-13(18)21-14(19)22-24-7-3-6-23-10-4-5-11-12(8-10)26-15(16,17)25-11/h4-5,8-9H,3,6-7H2,1-2H3,(H5,18,19,20,21,22). The van der Waals surface area contributed by atoms with Crippen LogP contribution in [-0.2, 0) is 4.84 Å². The lowest BCUT2D eigenvalue weighted by Gasteiger charge is -2.08. The average Bonchev–Trinajstić information content (AvgIpc) is 2.82. The zero-order valence-corrected chi connectivity index (χ0v) is 14.4. The molecule has 0 saturated heterocycles. The Kier molecular flexibility index (Phi) is 6.39. The molecule has 1 heterocycles. The Hall–Kier alpha value is -2.82. The largest absolute Gasteiger partial charge is 0.586 e. The zero-order chi connectivity index (χ0) is 19.2. The van der Waals surface area contributed by atoms with E-state index in [9.17, 15) is 8.78 Å². The lowest BCUT2D eigenvalue weighted by Crippen LogP contribution is -2.34. The molecule has 9 nitrogen and oxygen atoms in total. The minimum atomic E-state index is -3.65. The van der Waals surface area contributed by atoms with E-state index in [1.54, 1.807) is 0 Å². The van der Waals surface area contributed by atoms with Crippen LogP contribution < -0.4 is 31.2 Å². The lowest BCUT2D eigenvalue weighted by molar-refractivity contribution is -0.286. The number of nitrogens with one attached hydrogen (secondary N) is 1. The van der Waals surface area contributed by atoms with Gasteiger partial charge in [0.2, 0.25) is 11.9 Å². The van der Waals surface area contributed by atoms with Crippen molar-refractivity contribution in [3.63, 3.8) is 0 Å². The number of fused-ring (bicyclic) bond motifs is 1. The summed E-state index contributed by atoms with van der Waals surface area (Å²) in [5.74, 6) is 0.284. The van der Waals surface area contributed by atoms with Gasteiger partial charge >= 0.3 is 6.29 Å². The number of rotatable bonds is 7. The zero-order valence-electron chi connectivity index (χ0n) is 14.4. The number of halogens is 2. The molecule has 0 aliphatic carbocycles. The molecule has 1 aromatic rings. The molecule has 1 aliphatic rings. The molecule has 0 aromatic heterocycles. The number of ether oxygens (including phenoxy) is 3. The molecule has 0 amide bonds. The van der Waals surface area contributed by atoms with Crippen molar-refractivity contribution in [3.8, 4) is 17.2 Å². The summed E-state index contributed by atoms with van der Waals surface area (Å²) in [5, 5.41) is 0. The van der Waals surface area contributed by atoms with Gasteiger partial charge in [0.1, 0.15) is 5.75 Å². The van der Waals surface area contributed by atoms with Crippen molar-refractivity contribution >= 4 is 11.9 Å². The van der Waals surface area contributed by atoms with Crippen molar-refractivity contribution in [1.82, 2.24) is 5.48 Å². The second-order valence-electron chi connectivity index (χ2n) is 5.51. The minimum Gasteiger partial charge on any atom is -0.493 e. The predicted octanol–water partition coefficient (Wildman–Crippen LogP) is 1.34. The molecule has 0 fully saturated rings. The molecule has 0 spiro atoms. The molecule has 144 valence electrons. The van der Waals surface area contributed by atoms with Gasteiger partial charge in [0.05, 0.1) is 13.2 Å². The number of hydroxylamine groups is 1. The third kappa shape index (κ3) is 6.24. The highest BCUT2D eigenvalue weighted by Gasteiger charge is 2.43. The average molecular weight is 373 g/mol. The highest BCUT2D eigenvalue weighted by molar-refractivity contribution is 5.92. The first-order chi connectivity index (χ1) is 12.2. The van der Waals surface area contributed by atoms with Gasteiger partial charge < -0.3 is 25.7 Å². The Morgan fingerprint density at radius 1 is 1.23 bits per heavy atom. The van der Waals surface area contributed by atoms with Gasteiger partial charge in [0.15, 0.2) is 11.5 Å². The van der Waals surface area contributed by atoms with Crippen LogP contribution in [0.15, 0.2) is 28.2 Å². The third-order valence-electron chi connectivity index (χ3n) is 2.83. The molecule has 0 unspecified atom stereocenters. The maximum atomic E-state index is 12.9. The van der Waals surface area contributed by atoms with Gasteiger partial charge in [-0.25, -0.2) is 10.5 Å². The van der Waals surface area contributed by atoms with E-state index >= 15 is 0 Å². The van der Waals surface area contributed by atoms with E-state index in [1.165, 1.54) is 18.2 Å². The van der Waals surface area contributed by atoms with E-state index in [1.807, 2.05) is 13.8 Å². The molecule has 11 heteroatoms. The highest BCUT2D eigenvalue weighted by Crippen LogP contribution is 2.42. The molecule has 0 saturated carbocycles. The van der Waals surface area contributed by atoms with Crippen LogP contribution in [0.2, 0.25) is 0 Å². The second kappa shape index (κ2) is 8.52. The summed E-state index contributed by atoms with van der Waals surface area (Å²) in [7, 11) is 0. The second-order valence-corrected chi connectivity index (χ2v) is 5.51. The summed E-state index contributed by atoms with van der Waals surface area (Å²) >= 11 is 0. The van der Waals surface area contributed by atoms with E-state index in [2.05, 4.69) is 24.9 Å². The number of alkyl halides is 2. The molecule has 1 aliphatic heterocycles. The van der Waals surface area contributed by atoms with Crippen molar-refractivity contribution in [2.75, 3.05) is 13.2 Å².